The van der Waals surface area contributed by atoms with Crippen molar-refractivity contribution >= 4 is 23.0 Å². The van der Waals surface area contributed by atoms with Gasteiger partial charge in [-0.3, -0.25) is 0 Å². The SMILES string of the molecule is CN1CCc2cc(NCc3ccccc3Cl)ccc21. The van der Waals surface area contributed by atoms with Crippen molar-refractivity contribution < 1.29 is 0 Å². The minimum Gasteiger partial charge on any atom is -0.381 e. The van der Waals surface area contributed by atoms with Crippen LogP contribution >= 0.6 is 11.6 Å². The molecule has 2 nitrogen and oxygen atoms in total. The molecule has 2 aromatic carbocycles. The first-order valence-electron chi connectivity index (χ1n) is 6.55. The van der Waals surface area contributed by atoms with E-state index in [1.54, 1.807) is 0 Å². The van der Waals surface area contributed by atoms with Gasteiger partial charge in [0.1, 0.15) is 0 Å². The molecule has 19 heavy (non-hydrogen) atoms. The molecule has 1 aliphatic heterocycles. The lowest BCUT2D eigenvalue weighted by molar-refractivity contribution is 0.956. The predicted octanol–water partition coefficient (Wildman–Crippen LogP) is 3.94. The summed E-state index contributed by atoms with van der Waals surface area (Å²) < 4.78 is 0. The molecular weight excluding hydrogens is 256 g/mol. The van der Waals surface area contributed by atoms with Gasteiger partial charge in [-0.2, -0.15) is 0 Å². The second kappa shape index (κ2) is 5.14. The Bertz CT molecular complexity index is 595. The third-order valence-electron chi connectivity index (χ3n) is 3.65. The van der Waals surface area contributed by atoms with Gasteiger partial charge in [-0.15, -0.1) is 0 Å². The van der Waals surface area contributed by atoms with Gasteiger partial charge in [-0.25, -0.2) is 0 Å². The van der Waals surface area contributed by atoms with Crippen molar-refractivity contribution in [2.45, 2.75) is 13.0 Å². The monoisotopic (exact) mass is 272 g/mol. The van der Waals surface area contributed by atoms with Crippen LogP contribution in [0.15, 0.2) is 42.5 Å². The highest BCUT2D eigenvalue weighted by Gasteiger charge is 2.15. The van der Waals surface area contributed by atoms with Crippen molar-refractivity contribution in [3.05, 3.63) is 58.6 Å². The molecule has 0 aliphatic carbocycles. The van der Waals surface area contributed by atoms with Gasteiger partial charge in [0.05, 0.1) is 0 Å². The third-order valence-corrected chi connectivity index (χ3v) is 4.02. The Morgan fingerprint density at radius 2 is 2.05 bits per heavy atom. The number of nitrogens with one attached hydrogen (secondary N) is 1. The zero-order valence-corrected chi connectivity index (χ0v) is 11.7. The van der Waals surface area contributed by atoms with Crippen molar-refractivity contribution in [1.29, 1.82) is 0 Å². The fourth-order valence-corrected chi connectivity index (χ4v) is 2.72. The first kappa shape index (κ1) is 12.4. The maximum Gasteiger partial charge on any atom is 0.0455 e. The summed E-state index contributed by atoms with van der Waals surface area (Å²) in [6.07, 6.45) is 1.13. The molecule has 0 spiro atoms. The minimum absolute atomic E-state index is 0.758. The fourth-order valence-electron chi connectivity index (χ4n) is 2.52. The normalized spacial score (nSPS) is 13.5. The topological polar surface area (TPSA) is 15.3 Å². The average Bonchev–Trinajstić information content (AvgIpc) is 2.79. The Labute approximate surface area is 119 Å². The molecule has 1 N–H and O–H groups in total. The van der Waals surface area contributed by atoms with Crippen molar-refractivity contribution in [2.24, 2.45) is 0 Å². The summed E-state index contributed by atoms with van der Waals surface area (Å²) in [6.45, 7) is 1.87. The molecule has 0 saturated carbocycles. The van der Waals surface area contributed by atoms with Gasteiger partial charge in [0.2, 0.25) is 0 Å². The van der Waals surface area contributed by atoms with E-state index in [2.05, 4.69) is 41.5 Å². The molecule has 0 fully saturated rings. The Morgan fingerprint density at radius 1 is 1.21 bits per heavy atom. The number of halogens is 1. The highest BCUT2D eigenvalue weighted by Crippen LogP contribution is 2.29. The minimum atomic E-state index is 0.758. The lowest BCUT2D eigenvalue weighted by atomic mass is 10.1. The molecule has 0 saturated heterocycles. The van der Waals surface area contributed by atoms with Crippen LogP contribution in [0.1, 0.15) is 11.1 Å². The first-order chi connectivity index (χ1) is 9.24. The molecule has 1 heterocycles. The van der Waals surface area contributed by atoms with Crippen LogP contribution in [0.5, 0.6) is 0 Å². The zero-order valence-electron chi connectivity index (χ0n) is 11.0. The molecule has 0 amide bonds. The van der Waals surface area contributed by atoms with Gasteiger partial charge < -0.3 is 10.2 Å². The number of hydrogen-bond acceptors (Lipinski definition) is 2. The Hall–Kier alpha value is -1.67. The second-order valence-corrected chi connectivity index (χ2v) is 5.37. The molecule has 2 aromatic rings. The number of likely N-dealkylation sites (N-methyl/N-ethyl adjacent to an activating group) is 1. The van der Waals surface area contributed by atoms with Crippen molar-refractivity contribution in [1.82, 2.24) is 0 Å². The van der Waals surface area contributed by atoms with Crippen LogP contribution in [0, 0.1) is 0 Å². The van der Waals surface area contributed by atoms with Gasteiger partial charge in [-0.1, -0.05) is 29.8 Å². The number of nitrogens with zero attached hydrogens (tertiary/aromatic N) is 1. The lowest BCUT2D eigenvalue weighted by Gasteiger charge is -2.13. The van der Waals surface area contributed by atoms with Crippen LogP contribution in [0.2, 0.25) is 5.02 Å². The summed E-state index contributed by atoms with van der Waals surface area (Å²) in [4.78, 5) is 2.30. The number of anilines is 2. The van der Waals surface area contributed by atoms with Gasteiger partial charge in [0.25, 0.3) is 0 Å². The van der Waals surface area contributed by atoms with E-state index in [0.717, 1.165) is 35.8 Å². The van der Waals surface area contributed by atoms with E-state index >= 15 is 0 Å². The summed E-state index contributed by atoms with van der Waals surface area (Å²) in [5, 5.41) is 4.26. The second-order valence-electron chi connectivity index (χ2n) is 4.96. The number of benzene rings is 2. The Morgan fingerprint density at radius 3 is 2.89 bits per heavy atom. The molecule has 1 aliphatic rings. The Balaban J connectivity index is 1.73. The molecular formula is C16H17ClN2. The smallest absolute Gasteiger partial charge is 0.0455 e. The largest absolute Gasteiger partial charge is 0.381 e. The molecule has 0 atom stereocenters. The van der Waals surface area contributed by atoms with E-state index < -0.39 is 0 Å². The summed E-state index contributed by atoms with van der Waals surface area (Å²) in [5.41, 5.74) is 5.06. The summed E-state index contributed by atoms with van der Waals surface area (Å²) in [5.74, 6) is 0. The third kappa shape index (κ3) is 2.54. The molecule has 0 radical (unpaired) electrons. The van der Waals surface area contributed by atoms with E-state index in [-0.39, 0.29) is 0 Å². The maximum atomic E-state index is 6.16. The molecule has 98 valence electrons. The molecule has 0 aromatic heterocycles. The number of rotatable bonds is 3. The van der Waals surface area contributed by atoms with Crippen LogP contribution in [0.25, 0.3) is 0 Å². The summed E-state index contributed by atoms with van der Waals surface area (Å²) >= 11 is 6.16. The van der Waals surface area contributed by atoms with Crippen LogP contribution in [-0.4, -0.2) is 13.6 Å². The maximum absolute atomic E-state index is 6.16. The standard InChI is InChI=1S/C16H17ClN2/c1-19-9-8-12-10-14(6-7-16(12)19)18-11-13-4-2-3-5-15(13)17/h2-7,10,18H,8-9,11H2,1H3. The Kier molecular flexibility index (Phi) is 3.34. The van der Waals surface area contributed by atoms with Gasteiger partial charge in [0.15, 0.2) is 0 Å². The predicted molar refractivity (Wildman–Crippen MR) is 82.2 cm³/mol. The quantitative estimate of drug-likeness (QED) is 0.910. The van der Waals surface area contributed by atoms with Crippen LogP contribution in [-0.2, 0) is 13.0 Å². The first-order valence-corrected chi connectivity index (χ1v) is 6.93. The highest BCUT2D eigenvalue weighted by molar-refractivity contribution is 6.31. The molecule has 0 unspecified atom stereocenters. The lowest BCUT2D eigenvalue weighted by Crippen LogP contribution is -2.12. The van der Waals surface area contributed by atoms with Crippen LogP contribution in [0.4, 0.5) is 11.4 Å². The molecule has 3 heteroatoms. The van der Waals surface area contributed by atoms with Gasteiger partial charge >= 0.3 is 0 Å². The zero-order chi connectivity index (χ0) is 13.2. The van der Waals surface area contributed by atoms with Crippen molar-refractivity contribution in [2.75, 3.05) is 23.8 Å². The van der Waals surface area contributed by atoms with Crippen LogP contribution in [0.3, 0.4) is 0 Å². The van der Waals surface area contributed by atoms with Crippen molar-refractivity contribution in [3.8, 4) is 0 Å². The summed E-state index contributed by atoms with van der Waals surface area (Å²) in [7, 11) is 2.14. The van der Waals surface area contributed by atoms with Crippen LogP contribution < -0.4 is 10.2 Å². The van der Waals surface area contributed by atoms with E-state index in [1.807, 2.05) is 18.2 Å². The van der Waals surface area contributed by atoms with E-state index in [1.165, 1.54) is 11.3 Å². The van der Waals surface area contributed by atoms with Crippen molar-refractivity contribution in [3.63, 3.8) is 0 Å². The van der Waals surface area contributed by atoms with E-state index in [0.29, 0.717) is 0 Å². The van der Waals surface area contributed by atoms with Gasteiger partial charge in [-0.05, 0) is 41.8 Å². The van der Waals surface area contributed by atoms with E-state index in [9.17, 15) is 0 Å². The average molecular weight is 273 g/mol. The number of fused-ring (bicyclic) bond motifs is 1. The van der Waals surface area contributed by atoms with Gasteiger partial charge in [0, 0.05) is 36.5 Å². The molecule has 3 rings (SSSR count). The fraction of sp³-hybridized carbons (Fsp3) is 0.250. The number of hydrogen-bond donors (Lipinski definition) is 1. The molecule has 0 bridgehead atoms. The highest BCUT2D eigenvalue weighted by atomic mass is 35.5. The summed E-state index contributed by atoms with van der Waals surface area (Å²) in [6, 6.07) is 14.5. The van der Waals surface area contributed by atoms with E-state index in [4.69, 9.17) is 11.6 Å².